The molecule has 25 heavy (non-hydrogen) atoms. The van der Waals surface area contributed by atoms with Crippen LogP contribution in [0.4, 0.5) is 0 Å². The molecule has 0 spiro atoms. The minimum Gasteiger partial charge on any atom is -0.299 e. The first-order valence-electron chi connectivity index (χ1n) is 8.63. The number of ketones is 3. The lowest BCUT2D eigenvalue weighted by atomic mass is 9.63. The molecule has 5 rings (SSSR count). The molecule has 1 fully saturated rings. The van der Waals surface area contributed by atoms with E-state index in [0.717, 1.165) is 6.42 Å². The number of fused-ring (bicyclic) bond motifs is 2. The van der Waals surface area contributed by atoms with Crippen LogP contribution in [0.15, 0.2) is 71.8 Å². The van der Waals surface area contributed by atoms with E-state index in [1.165, 1.54) is 0 Å². The number of Topliss-reactive ketones (excluding diaryl/α,β-unsaturated/α-hetero) is 3. The maximum absolute atomic E-state index is 13.1. The molecule has 2 aromatic rings. The van der Waals surface area contributed by atoms with Gasteiger partial charge in [0.15, 0.2) is 11.6 Å². The Hall–Kier alpha value is -2.81. The lowest BCUT2D eigenvalue weighted by Gasteiger charge is -2.38. The van der Waals surface area contributed by atoms with Crippen molar-refractivity contribution in [1.82, 2.24) is 0 Å². The summed E-state index contributed by atoms with van der Waals surface area (Å²) in [5, 5.41) is 0. The number of allylic oxidation sites excluding steroid dienone is 2. The van der Waals surface area contributed by atoms with E-state index in [1.54, 1.807) is 36.4 Å². The van der Waals surface area contributed by atoms with Gasteiger partial charge in [0.2, 0.25) is 0 Å². The lowest BCUT2D eigenvalue weighted by molar-refractivity contribution is -0.125. The summed E-state index contributed by atoms with van der Waals surface area (Å²) in [5.74, 6) is -0.752. The zero-order valence-electron chi connectivity index (χ0n) is 13.8. The fraction of sp³-hybridized carbons (Fsp3) is 0.227. The van der Waals surface area contributed by atoms with Crippen LogP contribution in [-0.2, 0) is 4.79 Å². The maximum atomic E-state index is 13.1. The van der Waals surface area contributed by atoms with Gasteiger partial charge < -0.3 is 0 Å². The van der Waals surface area contributed by atoms with Crippen molar-refractivity contribution in [2.75, 3.05) is 0 Å². The van der Waals surface area contributed by atoms with Gasteiger partial charge in [0, 0.05) is 34.6 Å². The van der Waals surface area contributed by atoms with E-state index >= 15 is 0 Å². The van der Waals surface area contributed by atoms with Crippen molar-refractivity contribution >= 4 is 17.3 Å². The average Bonchev–Trinajstić information content (AvgIpc) is 2.68. The fourth-order valence-electron chi connectivity index (χ4n) is 4.05. The Kier molecular flexibility index (Phi) is 3.92. The van der Waals surface area contributed by atoms with Crippen LogP contribution >= 0.6 is 0 Å². The Balaban J connectivity index is 1.86. The van der Waals surface area contributed by atoms with Crippen molar-refractivity contribution in [3.63, 3.8) is 0 Å². The van der Waals surface area contributed by atoms with Gasteiger partial charge in [-0.15, -0.1) is 0 Å². The van der Waals surface area contributed by atoms with Crippen LogP contribution in [0.2, 0.25) is 0 Å². The number of carbonyl (C=O) groups is 3. The minimum atomic E-state index is -0.430. The molecular formula is C22H18O3. The van der Waals surface area contributed by atoms with E-state index in [1.807, 2.05) is 24.3 Å². The number of hydrogen-bond acceptors (Lipinski definition) is 3. The van der Waals surface area contributed by atoms with Crippen molar-refractivity contribution in [2.24, 2.45) is 11.8 Å². The molecule has 1 saturated carbocycles. The highest BCUT2D eigenvalue weighted by Crippen LogP contribution is 2.45. The van der Waals surface area contributed by atoms with Gasteiger partial charge in [0.1, 0.15) is 5.78 Å². The molecule has 0 heterocycles. The highest BCUT2D eigenvalue weighted by atomic mass is 16.1. The Labute approximate surface area is 146 Å². The first-order chi connectivity index (χ1) is 12.2. The topological polar surface area (TPSA) is 51.2 Å². The normalized spacial score (nSPS) is 22.2. The van der Waals surface area contributed by atoms with E-state index in [4.69, 9.17) is 0 Å². The van der Waals surface area contributed by atoms with E-state index in [0.29, 0.717) is 35.1 Å². The van der Waals surface area contributed by atoms with Gasteiger partial charge in [-0.2, -0.15) is 0 Å². The van der Waals surface area contributed by atoms with Gasteiger partial charge in [-0.1, -0.05) is 60.7 Å². The number of rotatable bonds is 4. The largest absolute Gasteiger partial charge is 0.299 e. The molecule has 3 heteroatoms. The standard InChI is InChI=1S/C22H18O3/c23-18-13-16-11-12-17(18)20(22(25)15-9-5-2-6-10-15)19(16)21(24)14-7-3-1-4-8-14/h1-10,16-17H,11-13H2. The third-order valence-corrected chi connectivity index (χ3v) is 5.25. The zero-order chi connectivity index (χ0) is 17.4. The molecule has 0 amide bonds. The molecule has 0 aliphatic heterocycles. The number of carbonyl (C=O) groups excluding carboxylic acids is 3. The molecule has 2 bridgehead atoms. The third-order valence-electron chi connectivity index (χ3n) is 5.25. The van der Waals surface area contributed by atoms with Crippen molar-refractivity contribution in [1.29, 1.82) is 0 Å². The van der Waals surface area contributed by atoms with Gasteiger partial charge in [-0.05, 0) is 18.8 Å². The lowest BCUT2D eigenvalue weighted by Crippen LogP contribution is -2.39. The second-order valence-electron chi connectivity index (χ2n) is 6.71. The highest BCUT2D eigenvalue weighted by Gasteiger charge is 2.45. The van der Waals surface area contributed by atoms with Crippen LogP contribution in [0.5, 0.6) is 0 Å². The van der Waals surface area contributed by atoms with Gasteiger partial charge in [-0.25, -0.2) is 0 Å². The summed E-state index contributed by atoms with van der Waals surface area (Å²) in [5.41, 5.74) is 2.12. The molecule has 2 atom stereocenters. The molecule has 0 N–H and O–H groups in total. The summed E-state index contributed by atoms with van der Waals surface area (Å²) < 4.78 is 0. The molecule has 3 aliphatic rings. The van der Waals surface area contributed by atoms with Crippen molar-refractivity contribution < 1.29 is 14.4 Å². The summed E-state index contributed by atoms with van der Waals surface area (Å²) >= 11 is 0. The molecule has 0 saturated heterocycles. The van der Waals surface area contributed by atoms with Crippen LogP contribution in [0.1, 0.15) is 40.0 Å². The van der Waals surface area contributed by atoms with Crippen molar-refractivity contribution in [2.45, 2.75) is 19.3 Å². The summed E-state index contributed by atoms with van der Waals surface area (Å²) in [6.45, 7) is 0. The number of hydrogen-bond donors (Lipinski definition) is 0. The van der Waals surface area contributed by atoms with Gasteiger partial charge in [0.25, 0.3) is 0 Å². The maximum Gasteiger partial charge on any atom is 0.190 e. The fourth-order valence-corrected chi connectivity index (χ4v) is 4.05. The van der Waals surface area contributed by atoms with E-state index in [9.17, 15) is 14.4 Å². The highest BCUT2D eigenvalue weighted by molar-refractivity contribution is 6.21. The molecule has 124 valence electrons. The molecule has 2 unspecified atom stereocenters. The minimum absolute atomic E-state index is 0.0974. The van der Waals surface area contributed by atoms with E-state index in [2.05, 4.69) is 0 Å². The zero-order valence-corrected chi connectivity index (χ0v) is 13.8. The molecule has 2 aromatic carbocycles. The Bertz CT molecular complexity index is 878. The predicted molar refractivity (Wildman–Crippen MR) is 94.4 cm³/mol. The Morgan fingerprint density at radius 3 is 1.76 bits per heavy atom. The molecule has 3 nitrogen and oxygen atoms in total. The SMILES string of the molecule is O=C(C1=C(C(=O)c2ccccc2)C2CCC1CC2=O)c1ccccc1. The first-order valence-corrected chi connectivity index (χ1v) is 8.63. The second kappa shape index (κ2) is 6.25. The Morgan fingerprint density at radius 2 is 1.24 bits per heavy atom. The first kappa shape index (κ1) is 15.7. The summed E-state index contributed by atoms with van der Waals surface area (Å²) in [6.07, 6.45) is 1.85. The molecule has 3 aliphatic carbocycles. The number of benzene rings is 2. The van der Waals surface area contributed by atoms with Gasteiger partial charge in [0.05, 0.1) is 0 Å². The summed E-state index contributed by atoms with van der Waals surface area (Å²) in [6, 6.07) is 18.0. The van der Waals surface area contributed by atoms with Gasteiger partial charge >= 0.3 is 0 Å². The summed E-state index contributed by atoms with van der Waals surface area (Å²) in [4.78, 5) is 38.6. The van der Waals surface area contributed by atoms with E-state index < -0.39 is 5.92 Å². The molecular weight excluding hydrogens is 312 g/mol. The molecule has 0 aromatic heterocycles. The second-order valence-corrected chi connectivity index (χ2v) is 6.71. The van der Waals surface area contributed by atoms with E-state index in [-0.39, 0.29) is 23.3 Å². The van der Waals surface area contributed by atoms with Crippen LogP contribution in [-0.4, -0.2) is 17.3 Å². The monoisotopic (exact) mass is 330 g/mol. The smallest absolute Gasteiger partial charge is 0.190 e. The molecule has 0 radical (unpaired) electrons. The quantitative estimate of drug-likeness (QED) is 0.795. The third kappa shape index (κ3) is 2.66. The Morgan fingerprint density at radius 1 is 0.720 bits per heavy atom. The van der Waals surface area contributed by atoms with Crippen LogP contribution in [0.3, 0.4) is 0 Å². The average molecular weight is 330 g/mol. The van der Waals surface area contributed by atoms with Crippen molar-refractivity contribution in [3.8, 4) is 0 Å². The van der Waals surface area contributed by atoms with Gasteiger partial charge in [-0.3, -0.25) is 14.4 Å². The van der Waals surface area contributed by atoms with Crippen molar-refractivity contribution in [3.05, 3.63) is 82.9 Å². The predicted octanol–water partition coefficient (Wildman–Crippen LogP) is 4.05. The van der Waals surface area contributed by atoms with Crippen LogP contribution in [0.25, 0.3) is 0 Å². The summed E-state index contributed by atoms with van der Waals surface area (Å²) in [7, 11) is 0. The van der Waals surface area contributed by atoms with Crippen LogP contribution < -0.4 is 0 Å². The van der Waals surface area contributed by atoms with Crippen LogP contribution in [0, 0.1) is 11.8 Å².